The number of hydrogen-bond donors (Lipinski definition) is 1. The van der Waals surface area contributed by atoms with Gasteiger partial charge in [-0.3, -0.25) is 9.59 Å². The first kappa shape index (κ1) is 18.7. The molecular formula is C20H29N3O3. The van der Waals surface area contributed by atoms with Gasteiger partial charge in [0.25, 0.3) is 0 Å². The fourth-order valence-corrected chi connectivity index (χ4v) is 4.09. The molecule has 2 heterocycles. The highest BCUT2D eigenvalue weighted by molar-refractivity contribution is 5.90. The lowest BCUT2D eigenvalue weighted by Gasteiger charge is -2.27. The predicted molar refractivity (Wildman–Crippen MR) is 99.9 cm³/mol. The monoisotopic (exact) mass is 359 g/mol. The van der Waals surface area contributed by atoms with Crippen LogP contribution < -0.4 is 10.1 Å². The summed E-state index contributed by atoms with van der Waals surface area (Å²) in [7, 11) is 1.63. The van der Waals surface area contributed by atoms with Crippen LogP contribution in [0.2, 0.25) is 0 Å². The number of hydrogen-bond acceptors (Lipinski definition) is 4. The molecule has 2 atom stereocenters. The van der Waals surface area contributed by atoms with Crippen molar-refractivity contribution in [1.29, 1.82) is 0 Å². The van der Waals surface area contributed by atoms with Crippen LogP contribution in [0.25, 0.3) is 0 Å². The number of amides is 2. The molecule has 0 saturated carbocycles. The van der Waals surface area contributed by atoms with Gasteiger partial charge in [0.2, 0.25) is 11.8 Å². The quantitative estimate of drug-likeness (QED) is 0.807. The summed E-state index contributed by atoms with van der Waals surface area (Å²) in [5, 5.41) is 3.05. The van der Waals surface area contributed by atoms with E-state index >= 15 is 0 Å². The van der Waals surface area contributed by atoms with Crippen LogP contribution >= 0.6 is 0 Å². The summed E-state index contributed by atoms with van der Waals surface area (Å²) < 4.78 is 5.22. The van der Waals surface area contributed by atoms with E-state index in [1.54, 1.807) is 7.11 Å². The van der Waals surface area contributed by atoms with Gasteiger partial charge in [-0.15, -0.1) is 0 Å². The number of ether oxygens (including phenoxy) is 1. The molecule has 1 aromatic rings. The number of nitrogens with one attached hydrogen (secondary N) is 1. The van der Waals surface area contributed by atoms with Crippen molar-refractivity contribution in [3.05, 3.63) is 29.8 Å². The summed E-state index contributed by atoms with van der Waals surface area (Å²) in [6.07, 6.45) is 2.77. The van der Waals surface area contributed by atoms with E-state index in [2.05, 4.69) is 10.2 Å². The van der Waals surface area contributed by atoms with E-state index in [9.17, 15) is 9.59 Å². The van der Waals surface area contributed by atoms with Crippen molar-refractivity contribution < 1.29 is 14.3 Å². The minimum atomic E-state index is -0.338. The molecule has 2 aliphatic heterocycles. The number of methoxy groups -OCH3 is 1. The van der Waals surface area contributed by atoms with E-state index < -0.39 is 0 Å². The van der Waals surface area contributed by atoms with Gasteiger partial charge in [-0.05, 0) is 50.6 Å². The number of rotatable bonds is 7. The second-order valence-electron chi connectivity index (χ2n) is 7.05. The van der Waals surface area contributed by atoms with Crippen molar-refractivity contribution >= 4 is 11.8 Å². The van der Waals surface area contributed by atoms with Crippen molar-refractivity contribution in [2.45, 2.75) is 32.2 Å². The lowest BCUT2D eigenvalue weighted by molar-refractivity contribution is -0.129. The molecule has 2 fully saturated rings. The molecule has 0 bridgehead atoms. The van der Waals surface area contributed by atoms with Crippen LogP contribution in [0.5, 0.6) is 5.75 Å². The predicted octanol–water partition coefficient (Wildman–Crippen LogP) is 1.82. The average Bonchev–Trinajstić information content (AvgIpc) is 3.29. The van der Waals surface area contributed by atoms with E-state index in [1.165, 1.54) is 12.8 Å². The standard InChI is InChI=1S/C20H29N3O3/c1-3-23-18(24)14-17(19(23)15-6-8-16(26-2)9-7-15)20(25)21-10-13-22-11-4-5-12-22/h6-9,17,19H,3-5,10-14H2,1-2H3,(H,21,25)/t17-,19+/m1/s1. The van der Waals surface area contributed by atoms with Crippen LogP contribution in [0.1, 0.15) is 37.8 Å². The molecule has 2 saturated heterocycles. The summed E-state index contributed by atoms with van der Waals surface area (Å²) in [6.45, 7) is 6.34. The van der Waals surface area contributed by atoms with Gasteiger partial charge in [-0.25, -0.2) is 0 Å². The van der Waals surface area contributed by atoms with Crippen LogP contribution in [0.3, 0.4) is 0 Å². The maximum Gasteiger partial charge on any atom is 0.226 e. The van der Waals surface area contributed by atoms with Gasteiger partial charge in [0.15, 0.2) is 0 Å². The lowest BCUT2D eigenvalue weighted by atomic mass is 9.92. The molecule has 0 radical (unpaired) electrons. The van der Waals surface area contributed by atoms with Crippen LogP contribution in [-0.4, -0.2) is 61.4 Å². The summed E-state index contributed by atoms with van der Waals surface area (Å²) in [4.78, 5) is 29.4. The molecule has 0 aliphatic carbocycles. The van der Waals surface area contributed by atoms with Gasteiger partial charge in [0, 0.05) is 26.1 Å². The Morgan fingerprint density at radius 2 is 1.92 bits per heavy atom. The third kappa shape index (κ3) is 4.01. The molecule has 0 aromatic heterocycles. The Bertz CT molecular complexity index is 626. The largest absolute Gasteiger partial charge is 0.497 e. The number of nitrogens with zero attached hydrogens (tertiary/aromatic N) is 2. The van der Waals surface area contributed by atoms with Gasteiger partial charge < -0.3 is 19.9 Å². The third-order valence-corrected chi connectivity index (χ3v) is 5.49. The summed E-state index contributed by atoms with van der Waals surface area (Å²) >= 11 is 0. The van der Waals surface area contributed by atoms with E-state index in [-0.39, 0.29) is 30.2 Å². The third-order valence-electron chi connectivity index (χ3n) is 5.49. The zero-order valence-corrected chi connectivity index (χ0v) is 15.7. The average molecular weight is 359 g/mol. The molecule has 2 aliphatic rings. The minimum Gasteiger partial charge on any atom is -0.497 e. The lowest BCUT2D eigenvalue weighted by Crippen LogP contribution is -2.39. The van der Waals surface area contributed by atoms with Gasteiger partial charge in [-0.1, -0.05) is 12.1 Å². The van der Waals surface area contributed by atoms with E-state index in [0.29, 0.717) is 13.1 Å². The molecule has 142 valence electrons. The second kappa shape index (κ2) is 8.54. The molecular weight excluding hydrogens is 330 g/mol. The molecule has 1 aromatic carbocycles. The molecule has 6 heteroatoms. The Hall–Kier alpha value is -2.08. The Morgan fingerprint density at radius 3 is 2.54 bits per heavy atom. The number of carbonyl (C=O) groups excluding carboxylic acids is 2. The van der Waals surface area contributed by atoms with Crippen LogP contribution in [0.4, 0.5) is 0 Å². The maximum atomic E-state index is 12.8. The Kier molecular flexibility index (Phi) is 6.14. The molecule has 0 unspecified atom stereocenters. The molecule has 0 spiro atoms. The van der Waals surface area contributed by atoms with Crippen molar-refractivity contribution in [3.8, 4) is 5.75 Å². The fourth-order valence-electron chi connectivity index (χ4n) is 4.09. The normalized spacial score (nSPS) is 23.5. The topological polar surface area (TPSA) is 61.9 Å². The number of likely N-dealkylation sites (tertiary alicyclic amines) is 2. The fraction of sp³-hybridized carbons (Fsp3) is 0.600. The van der Waals surface area contributed by atoms with E-state index in [1.807, 2.05) is 36.1 Å². The van der Waals surface area contributed by atoms with Gasteiger partial charge >= 0.3 is 0 Å². The van der Waals surface area contributed by atoms with Gasteiger partial charge in [-0.2, -0.15) is 0 Å². The van der Waals surface area contributed by atoms with Gasteiger partial charge in [0.1, 0.15) is 5.75 Å². The Labute approximate surface area is 155 Å². The highest BCUT2D eigenvalue weighted by Gasteiger charge is 2.43. The SMILES string of the molecule is CCN1C(=O)C[C@@H](C(=O)NCCN2CCCC2)[C@@H]1c1ccc(OC)cc1. The highest BCUT2D eigenvalue weighted by Crippen LogP contribution is 2.38. The van der Waals surface area contributed by atoms with Crippen molar-refractivity contribution in [2.75, 3.05) is 39.8 Å². The van der Waals surface area contributed by atoms with Crippen LogP contribution in [-0.2, 0) is 9.59 Å². The summed E-state index contributed by atoms with van der Waals surface area (Å²) in [5.41, 5.74) is 0.984. The Balaban J connectivity index is 1.68. The van der Waals surface area contributed by atoms with Crippen molar-refractivity contribution in [1.82, 2.24) is 15.1 Å². The first-order valence-corrected chi connectivity index (χ1v) is 9.57. The zero-order chi connectivity index (χ0) is 18.5. The summed E-state index contributed by atoms with van der Waals surface area (Å²) in [5.74, 6) is 0.462. The number of carbonyl (C=O) groups is 2. The highest BCUT2D eigenvalue weighted by atomic mass is 16.5. The Morgan fingerprint density at radius 1 is 1.23 bits per heavy atom. The second-order valence-corrected chi connectivity index (χ2v) is 7.05. The van der Waals surface area contributed by atoms with Gasteiger partial charge in [0.05, 0.1) is 19.1 Å². The summed E-state index contributed by atoms with van der Waals surface area (Å²) in [6, 6.07) is 7.47. The molecule has 2 amide bonds. The van der Waals surface area contributed by atoms with Crippen molar-refractivity contribution in [2.24, 2.45) is 5.92 Å². The van der Waals surface area contributed by atoms with Crippen molar-refractivity contribution in [3.63, 3.8) is 0 Å². The van der Waals surface area contributed by atoms with E-state index in [0.717, 1.165) is 30.9 Å². The zero-order valence-electron chi connectivity index (χ0n) is 15.7. The van der Waals surface area contributed by atoms with Crippen LogP contribution in [0.15, 0.2) is 24.3 Å². The smallest absolute Gasteiger partial charge is 0.226 e. The first-order chi connectivity index (χ1) is 12.6. The minimum absolute atomic E-state index is 0.0192. The molecule has 26 heavy (non-hydrogen) atoms. The molecule has 1 N–H and O–H groups in total. The maximum absolute atomic E-state index is 12.8. The van der Waals surface area contributed by atoms with Crippen LogP contribution in [0, 0.1) is 5.92 Å². The van der Waals surface area contributed by atoms with E-state index in [4.69, 9.17) is 4.74 Å². The number of benzene rings is 1. The molecule has 3 rings (SSSR count). The first-order valence-electron chi connectivity index (χ1n) is 9.57. The molecule has 6 nitrogen and oxygen atoms in total.